The number of ether oxygens (including phenoxy) is 13. The van der Waals surface area contributed by atoms with E-state index in [9.17, 15) is 19.2 Å². The van der Waals surface area contributed by atoms with Crippen LogP contribution in [0.2, 0.25) is 0 Å². The van der Waals surface area contributed by atoms with Crippen molar-refractivity contribution in [3.63, 3.8) is 0 Å². The van der Waals surface area contributed by atoms with E-state index in [0.29, 0.717) is 25.0 Å². The van der Waals surface area contributed by atoms with Gasteiger partial charge in [-0.3, -0.25) is 14.4 Å². The smallest absolute Gasteiger partial charge is 0.420 e. The van der Waals surface area contributed by atoms with E-state index >= 15 is 9.59 Å². The zero-order valence-corrected chi connectivity index (χ0v) is 53.7. The normalized spacial score (nSPS) is 36.1. The molecule has 490 valence electrons. The molecule has 1 unspecified atom stereocenters. The number of imidazole rings is 3. The average Bonchev–Trinajstić information content (AvgIpc) is 1.36. The number of methoxy groups -OCH3 is 2. The third-order valence-corrected chi connectivity index (χ3v) is 17.4. The summed E-state index contributed by atoms with van der Waals surface area (Å²) in [6.07, 6.45) is -3.14. The van der Waals surface area contributed by atoms with Gasteiger partial charge in [0, 0.05) is 94.6 Å². The third kappa shape index (κ3) is 16.9. The van der Waals surface area contributed by atoms with Gasteiger partial charge in [-0.15, -0.1) is 0 Å². The van der Waals surface area contributed by atoms with Crippen molar-refractivity contribution in [2.75, 3.05) is 34.4 Å². The van der Waals surface area contributed by atoms with Crippen LogP contribution in [0.15, 0.2) is 68.3 Å². The lowest BCUT2D eigenvalue weighted by Gasteiger charge is -2.45. The van der Waals surface area contributed by atoms with Gasteiger partial charge in [-0.25, -0.2) is 43.0 Å². The van der Waals surface area contributed by atoms with E-state index in [2.05, 4.69) is 33.4 Å². The van der Waals surface area contributed by atoms with Gasteiger partial charge in [-0.1, -0.05) is 55.0 Å². The lowest BCUT2D eigenvalue weighted by molar-refractivity contribution is -0.304. The Balaban J connectivity index is 1.34. The number of nitrogens with zero attached hydrogens (tertiary/aromatic N) is 7. The zero-order valence-electron chi connectivity index (χ0n) is 53.7. The SMILES string of the molecule is C=C1C[C@@H](C)O[C@@H](O[C@@H]2[C@@H](C)[C@H](O[C@H]3CC(C)N(C)C[C@H](C)O3)[C@@H](C)C(=O)O[C@H]([C@@H](C)CO[C@@H]3O[C@H](C)[C@@H](OC(=O)n4ccnc4)[C@@H](OC)[C@H]3OC)[C@H](C)[C@@H](OC(=O)CC(C)C)[C@@H](C)C(=O)[C@@](C)(OC(=O)n3ccnc3)C[C@@H]2C)[C@@H]1OC(=O)n1ccnc1. The lowest BCUT2D eigenvalue weighted by Crippen LogP contribution is -2.60. The number of rotatable bonds is 16. The van der Waals surface area contributed by atoms with Crippen LogP contribution in [-0.2, 0) is 76.0 Å². The summed E-state index contributed by atoms with van der Waals surface area (Å²) in [4.78, 5) is 101. The van der Waals surface area contributed by atoms with Gasteiger partial charge in [-0.05, 0) is 78.8 Å². The van der Waals surface area contributed by atoms with Crippen LogP contribution < -0.4 is 0 Å². The highest BCUT2D eigenvalue weighted by Crippen LogP contribution is 2.41. The van der Waals surface area contributed by atoms with Gasteiger partial charge < -0.3 is 66.5 Å². The number of Topliss-reactive ketones (excluding diaryl/α,β-unsaturated/α-hetero) is 1. The second-order valence-electron chi connectivity index (χ2n) is 25.2. The molecule has 0 aliphatic carbocycles. The molecular weight excluding hydrogens is 1150 g/mol. The Morgan fingerprint density at radius 3 is 1.88 bits per heavy atom. The number of cyclic esters (lactones) is 1. The summed E-state index contributed by atoms with van der Waals surface area (Å²) in [6.45, 7) is 27.9. The molecule has 4 aliphatic heterocycles. The van der Waals surface area contributed by atoms with Crippen LogP contribution in [0.25, 0.3) is 0 Å². The minimum atomic E-state index is -2.03. The van der Waals surface area contributed by atoms with Gasteiger partial charge in [0.15, 0.2) is 42.5 Å². The van der Waals surface area contributed by atoms with E-state index in [1.807, 2.05) is 48.6 Å². The predicted octanol–water partition coefficient (Wildman–Crippen LogP) is 7.49. The highest BCUT2D eigenvalue weighted by Gasteiger charge is 2.53. The van der Waals surface area contributed by atoms with E-state index in [0.717, 1.165) is 9.13 Å². The molecule has 26 heteroatoms. The molecule has 0 aromatic carbocycles. The van der Waals surface area contributed by atoms with Crippen molar-refractivity contribution in [2.24, 2.45) is 41.4 Å². The molecule has 0 spiro atoms. The van der Waals surface area contributed by atoms with E-state index < -0.39 is 157 Å². The van der Waals surface area contributed by atoms with Crippen molar-refractivity contribution < 1.29 is 90.3 Å². The van der Waals surface area contributed by atoms with Crippen molar-refractivity contribution in [2.45, 2.75) is 213 Å². The largest absolute Gasteiger partial charge is 0.461 e. The zero-order chi connectivity index (χ0) is 64.5. The second-order valence-corrected chi connectivity index (χ2v) is 25.2. The van der Waals surface area contributed by atoms with Crippen LogP contribution >= 0.6 is 0 Å². The van der Waals surface area contributed by atoms with Crippen molar-refractivity contribution in [1.29, 1.82) is 0 Å². The second kappa shape index (κ2) is 30.7. The summed E-state index contributed by atoms with van der Waals surface area (Å²) in [6, 6.07) is -0.0253. The van der Waals surface area contributed by atoms with Crippen LogP contribution in [-0.4, -0.2) is 202 Å². The van der Waals surface area contributed by atoms with Gasteiger partial charge in [0.25, 0.3) is 0 Å². The van der Waals surface area contributed by atoms with Crippen LogP contribution in [0, 0.1) is 41.4 Å². The molecule has 4 fully saturated rings. The van der Waals surface area contributed by atoms with E-state index in [4.69, 9.17) is 61.6 Å². The summed E-state index contributed by atoms with van der Waals surface area (Å²) in [5.41, 5.74) is -1.53. The first kappa shape index (κ1) is 69.5. The molecule has 88 heavy (non-hydrogen) atoms. The molecule has 0 N–H and O–H groups in total. The standard InChI is InChI=1S/C62H93N7O19/c1-33(2)24-45(70)82-50-41(10)48(36(5)29-78-57-54(77-17)53(76-16)52(44(13)81-57)87-60(74)68-22-19-64-31-68)84-56(72)43(12)51(83-46-26-37(6)66(15)28-39(8)79-46)40(9)47(35(4)27-62(14,55(71)42(50)11)88-61(75)69-23-20-65-32-69)85-58-49(34(3)25-38(7)80-58)86-59(73)67-21-18-63-30-67/h18-23,30-33,35-44,46-54,57-58H,3,24-29H2,1-2,4-17H3/t35-,36-,37?,38+,39-,40+,41-,42+,43+,44+,46-,47-,48+,49+,50+,51-,52+,53+,54+,57+,58-,62-/m0/s1. The fraction of sp³-hybridized carbons (Fsp3) is 0.726. The molecule has 0 radical (unpaired) electrons. The van der Waals surface area contributed by atoms with Gasteiger partial charge in [0.2, 0.25) is 0 Å². The molecule has 4 saturated heterocycles. The van der Waals surface area contributed by atoms with Gasteiger partial charge in [-0.2, -0.15) is 0 Å². The number of carbonyl (C=O) groups excluding carboxylic acids is 6. The first-order valence-electron chi connectivity index (χ1n) is 30.5. The molecular formula is C62H93N7O19. The van der Waals surface area contributed by atoms with Crippen molar-refractivity contribution in [1.82, 2.24) is 33.6 Å². The van der Waals surface area contributed by atoms with Crippen LogP contribution in [0.3, 0.4) is 0 Å². The van der Waals surface area contributed by atoms with Crippen LogP contribution in [0.5, 0.6) is 0 Å². The number of ketones is 1. The lowest BCUT2D eigenvalue weighted by atomic mass is 9.74. The van der Waals surface area contributed by atoms with E-state index in [1.165, 1.54) is 81.9 Å². The molecule has 4 aliphatic rings. The summed E-state index contributed by atoms with van der Waals surface area (Å²) in [5.74, 6) is -7.90. The maximum absolute atomic E-state index is 16.0. The first-order valence-corrected chi connectivity index (χ1v) is 30.5. The Bertz CT molecular complexity index is 2770. The van der Waals surface area contributed by atoms with Gasteiger partial charge >= 0.3 is 30.2 Å². The highest BCUT2D eigenvalue weighted by molar-refractivity contribution is 5.91. The number of hydrogen-bond acceptors (Lipinski definition) is 23. The fourth-order valence-corrected chi connectivity index (χ4v) is 12.6. The topological polar surface area (TPSA) is 279 Å². The number of aromatic nitrogens is 6. The van der Waals surface area contributed by atoms with E-state index in [-0.39, 0.29) is 37.5 Å². The number of likely N-dealkylation sites (N-methyl/N-ethyl adjacent to an activating group) is 1. The highest BCUT2D eigenvalue weighted by atomic mass is 16.7. The molecule has 22 atom stereocenters. The maximum Gasteiger partial charge on any atom is 0.420 e. The fourth-order valence-electron chi connectivity index (χ4n) is 12.6. The summed E-state index contributed by atoms with van der Waals surface area (Å²) < 4.78 is 87.4. The summed E-state index contributed by atoms with van der Waals surface area (Å²) in [7, 11) is 4.89. The number of carbonyl (C=O) groups is 6. The third-order valence-electron chi connectivity index (χ3n) is 17.4. The Labute approximate surface area is 515 Å². The van der Waals surface area contributed by atoms with E-state index in [1.54, 1.807) is 34.6 Å². The molecule has 7 rings (SSSR count). The molecule has 3 aromatic heterocycles. The monoisotopic (exact) mass is 1240 g/mol. The Kier molecular flexibility index (Phi) is 24.2. The van der Waals surface area contributed by atoms with Gasteiger partial charge in [0.05, 0.1) is 49.0 Å². The average molecular weight is 1240 g/mol. The minimum Gasteiger partial charge on any atom is -0.461 e. The molecule has 0 saturated carbocycles. The molecule has 7 heterocycles. The van der Waals surface area contributed by atoms with Crippen molar-refractivity contribution >= 4 is 36.0 Å². The Morgan fingerprint density at radius 1 is 0.693 bits per heavy atom. The first-order chi connectivity index (χ1) is 41.6. The molecule has 26 nitrogen and oxygen atoms in total. The quantitative estimate of drug-likeness (QED) is 0.0762. The predicted molar refractivity (Wildman–Crippen MR) is 313 cm³/mol. The number of esters is 2. The maximum atomic E-state index is 16.0. The Morgan fingerprint density at radius 2 is 1.30 bits per heavy atom. The van der Waals surface area contributed by atoms with Gasteiger partial charge in [0.1, 0.15) is 43.4 Å². The molecule has 0 amide bonds. The molecule has 3 aromatic rings. The minimum absolute atomic E-state index is 0.0253. The van der Waals surface area contributed by atoms with Crippen LogP contribution in [0.4, 0.5) is 14.4 Å². The summed E-state index contributed by atoms with van der Waals surface area (Å²) in [5, 5.41) is 0. The number of hydrogen-bond donors (Lipinski definition) is 0. The summed E-state index contributed by atoms with van der Waals surface area (Å²) >= 11 is 0. The van der Waals surface area contributed by atoms with Crippen LogP contribution in [0.1, 0.15) is 116 Å². The van der Waals surface area contributed by atoms with Crippen molar-refractivity contribution in [3.05, 3.63) is 68.3 Å². The molecule has 0 bridgehead atoms. The van der Waals surface area contributed by atoms with Crippen molar-refractivity contribution in [3.8, 4) is 0 Å². The Hall–Kier alpha value is -5.97.